The lowest BCUT2D eigenvalue weighted by atomic mass is 10.2. The molecule has 0 amide bonds. The van der Waals surface area contributed by atoms with Gasteiger partial charge in [-0.25, -0.2) is 0 Å². The standard InChI is InChI=1S/C15H24N2O3/c1-11(2)17-6-7-19-13(9-17)10-20-14-5-4-12(16)8-15(14)18-3/h4-5,8,11,13H,6-7,9-10,16H2,1-3H3. The monoisotopic (exact) mass is 280 g/mol. The number of hydrogen-bond donors (Lipinski definition) is 1. The summed E-state index contributed by atoms with van der Waals surface area (Å²) in [5.41, 5.74) is 6.39. The highest BCUT2D eigenvalue weighted by atomic mass is 16.5. The van der Waals surface area contributed by atoms with Gasteiger partial charge in [0.15, 0.2) is 11.5 Å². The lowest BCUT2D eigenvalue weighted by molar-refractivity contribution is -0.0566. The van der Waals surface area contributed by atoms with E-state index in [0.717, 1.165) is 19.7 Å². The number of hydrogen-bond acceptors (Lipinski definition) is 5. The highest BCUT2D eigenvalue weighted by Crippen LogP contribution is 2.29. The fourth-order valence-corrected chi connectivity index (χ4v) is 2.30. The number of morpholine rings is 1. The summed E-state index contributed by atoms with van der Waals surface area (Å²) in [6.45, 7) is 7.56. The van der Waals surface area contributed by atoms with E-state index in [1.54, 1.807) is 19.2 Å². The van der Waals surface area contributed by atoms with Crippen molar-refractivity contribution in [2.75, 3.05) is 39.1 Å². The van der Waals surface area contributed by atoms with Crippen LogP contribution in [0.5, 0.6) is 11.5 Å². The number of rotatable bonds is 5. The number of nitrogens with zero attached hydrogens (tertiary/aromatic N) is 1. The number of anilines is 1. The first-order valence-electron chi connectivity index (χ1n) is 7.02. The van der Waals surface area contributed by atoms with E-state index < -0.39 is 0 Å². The van der Waals surface area contributed by atoms with Crippen LogP contribution in [-0.4, -0.2) is 50.5 Å². The fraction of sp³-hybridized carbons (Fsp3) is 0.600. The van der Waals surface area contributed by atoms with Gasteiger partial charge in [0.1, 0.15) is 12.7 Å². The molecule has 0 aromatic heterocycles. The topological polar surface area (TPSA) is 57.0 Å². The van der Waals surface area contributed by atoms with Crippen LogP contribution in [0.4, 0.5) is 5.69 Å². The third-order valence-corrected chi connectivity index (χ3v) is 3.51. The van der Waals surface area contributed by atoms with Gasteiger partial charge in [0.2, 0.25) is 0 Å². The molecule has 0 spiro atoms. The molecule has 20 heavy (non-hydrogen) atoms. The van der Waals surface area contributed by atoms with Gasteiger partial charge in [0.25, 0.3) is 0 Å². The molecule has 1 aliphatic heterocycles. The summed E-state index contributed by atoms with van der Waals surface area (Å²) in [6.07, 6.45) is 0.0911. The molecule has 1 aromatic carbocycles. The third-order valence-electron chi connectivity index (χ3n) is 3.51. The Morgan fingerprint density at radius 3 is 2.90 bits per heavy atom. The van der Waals surface area contributed by atoms with Gasteiger partial charge in [-0.15, -0.1) is 0 Å². The van der Waals surface area contributed by atoms with Crippen LogP contribution in [-0.2, 0) is 4.74 Å². The summed E-state index contributed by atoms with van der Waals surface area (Å²) >= 11 is 0. The van der Waals surface area contributed by atoms with Crippen molar-refractivity contribution < 1.29 is 14.2 Å². The number of benzene rings is 1. The maximum absolute atomic E-state index is 5.82. The zero-order valence-electron chi connectivity index (χ0n) is 12.5. The van der Waals surface area contributed by atoms with Gasteiger partial charge in [0.05, 0.1) is 13.7 Å². The number of nitrogens with two attached hydrogens (primary N) is 1. The van der Waals surface area contributed by atoms with E-state index in [9.17, 15) is 0 Å². The van der Waals surface area contributed by atoms with Gasteiger partial charge >= 0.3 is 0 Å². The van der Waals surface area contributed by atoms with Gasteiger partial charge in [-0.2, -0.15) is 0 Å². The fourth-order valence-electron chi connectivity index (χ4n) is 2.30. The largest absolute Gasteiger partial charge is 0.493 e. The van der Waals surface area contributed by atoms with Crippen molar-refractivity contribution in [3.8, 4) is 11.5 Å². The quantitative estimate of drug-likeness (QED) is 0.833. The summed E-state index contributed by atoms with van der Waals surface area (Å²) in [7, 11) is 1.61. The molecule has 1 saturated heterocycles. The molecule has 1 atom stereocenters. The van der Waals surface area contributed by atoms with Gasteiger partial charge in [-0.3, -0.25) is 4.90 Å². The first-order chi connectivity index (χ1) is 9.60. The van der Waals surface area contributed by atoms with Gasteiger partial charge in [-0.1, -0.05) is 0 Å². The van der Waals surface area contributed by atoms with Crippen molar-refractivity contribution in [2.45, 2.75) is 26.0 Å². The zero-order chi connectivity index (χ0) is 14.5. The van der Waals surface area contributed by atoms with Gasteiger partial charge in [-0.05, 0) is 26.0 Å². The Morgan fingerprint density at radius 2 is 2.20 bits per heavy atom. The Labute approximate surface area is 120 Å². The maximum atomic E-state index is 5.82. The molecule has 1 aliphatic rings. The second-order valence-corrected chi connectivity index (χ2v) is 5.30. The Morgan fingerprint density at radius 1 is 1.40 bits per heavy atom. The van der Waals surface area contributed by atoms with E-state index in [4.69, 9.17) is 19.9 Å². The molecular weight excluding hydrogens is 256 g/mol. The number of ether oxygens (including phenoxy) is 3. The van der Waals surface area contributed by atoms with Crippen LogP contribution in [0.2, 0.25) is 0 Å². The molecule has 112 valence electrons. The first kappa shape index (κ1) is 14.9. The van der Waals surface area contributed by atoms with Crippen LogP contribution < -0.4 is 15.2 Å². The third kappa shape index (κ3) is 3.77. The molecule has 2 N–H and O–H groups in total. The van der Waals surface area contributed by atoms with Crippen LogP contribution in [0.1, 0.15) is 13.8 Å². The lowest BCUT2D eigenvalue weighted by Gasteiger charge is -2.35. The smallest absolute Gasteiger partial charge is 0.162 e. The van der Waals surface area contributed by atoms with E-state index in [0.29, 0.717) is 29.8 Å². The summed E-state index contributed by atoms with van der Waals surface area (Å²) in [6, 6.07) is 5.93. The van der Waals surface area contributed by atoms with Crippen molar-refractivity contribution >= 4 is 5.69 Å². The minimum Gasteiger partial charge on any atom is -0.493 e. The normalized spacial score (nSPS) is 20.1. The van der Waals surface area contributed by atoms with E-state index in [1.807, 2.05) is 6.07 Å². The van der Waals surface area contributed by atoms with Crippen molar-refractivity contribution in [2.24, 2.45) is 0 Å². The summed E-state index contributed by atoms with van der Waals surface area (Å²) in [4.78, 5) is 2.40. The Hall–Kier alpha value is -1.46. The highest BCUT2D eigenvalue weighted by molar-refractivity contribution is 5.51. The Bertz CT molecular complexity index is 437. The average Bonchev–Trinajstić information content (AvgIpc) is 2.46. The Balaban J connectivity index is 1.91. The molecule has 1 unspecified atom stereocenters. The van der Waals surface area contributed by atoms with E-state index in [2.05, 4.69) is 18.7 Å². The van der Waals surface area contributed by atoms with E-state index in [-0.39, 0.29) is 6.10 Å². The second-order valence-electron chi connectivity index (χ2n) is 5.30. The maximum Gasteiger partial charge on any atom is 0.162 e. The number of methoxy groups -OCH3 is 1. The predicted molar refractivity (Wildman–Crippen MR) is 79.4 cm³/mol. The van der Waals surface area contributed by atoms with Crippen LogP contribution in [0.15, 0.2) is 18.2 Å². The SMILES string of the molecule is COc1cc(N)ccc1OCC1CN(C(C)C)CCO1. The van der Waals surface area contributed by atoms with Crippen molar-refractivity contribution in [1.82, 2.24) is 4.90 Å². The molecule has 2 rings (SSSR count). The minimum absolute atomic E-state index is 0.0911. The van der Waals surface area contributed by atoms with E-state index >= 15 is 0 Å². The molecule has 0 bridgehead atoms. The van der Waals surface area contributed by atoms with Gasteiger partial charge in [0, 0.05) is 30.9 Å². The predicted octanol–water partition coefficient (Wildman–Crippen LogP) is 1.77. The second kappa shape index (κ2) is 6.81. The average molecular weight is 280 g/mol. The van der Waals surface area contributed by atoms with Crippen LogP contribution in [0.3, 0.4) is 0 Å². The van der Waals surface area contributed by atoms with Crippen LogP contribution in [0.25, 0.3) is 0 Å². The molecular formula is C15H24N2O3. The lowest BCUT2D eigenvalue weighted by Crippen LogP contribution is -2.47. The zero-order valence-corrected chi connectivity index (χ0v) is 12.5. The van der Waals surface area contributed by atoms with Crippen molar-refractivity contribution in [1.29, 1.82) is 0 Å². The molecule has 0 radical (unpaired) electrons. The summed E-state index contributed by atoms with van der Waals surface area (Å²) in [5, 5.41) is 0. The summed E-state index contributed by atoms with van der Waals surface area (Å²) < 4.78 is 16.8. The summed E-state index contributed by atoms with van der Waals surface area (Å²) in [5.74, 6) is 1.36. The molecule has 0 saturated carbocycles. The molecule has 5 heteroatoms. The minimum atomic E-state index is 0.0911. The van der Waals surface area contributed by atoms with Crippen LogP contribution >= 0.6 is 0 Å². The first-order valence-corrected chi connectivity index (χ1v) is 7.02. The van der Waals surface area contributed by atoms with Gasteiger partial charge < -0.3 is 19.9 Å². The molecule has 1 aromatic rings. The molecule has 5 nitrogen and oxygen atoms in total. The molecule has 1 heterocycles. The van der Waals surface area contributed by atoms with E-state index in [1.165, 1.54) is 0 Å². The van der Waals surface area contributed by atoms with Crippen LogP contribution in [0, 0.1) is 0 Å². The van der Waals surface area contributed by atoms with Crippen molar-refractivity contribution in [3.63, 3.8) is 0 Å². The molecule has 1 fully saturated rings. The Kier molecular flexibility index (Phi) is 5.09. The molecule has 0 aliphatic carbocycles. The highest BCUT2D eigenvalue weighted by Gasteiger charge is 2.23. The number of nitrogen functional groups attached to an aromatic ring is 1. The van der Waals surface area contributed by atoms with Crippen molar-refractivity contribution in [3.05, 3.63) is 18.2 Å².